The van der Waals surface area contributed by atoms with Gasteiger partial charge in [-0.3, -0.25) is 4.99 Å². The second-order valence-electron chi connectivity index (χ2n) is 6.71. The summed E-state index contributed by atoms with van der Waals surface area (Å²) >= 11 is 6.32. The highest BCUT2D eigenvalue weighted by Gasteiger charge is 2.15. The van der Waals surface area contributed by atoms with Crippen LogP contribution in [0.15, 0.2) is 23.2 Å². The molecule has 0 bridgehead atoms. The second-order valence-corrected chi connectivity index (χ2v) is 7.12. The van der Waals surface area contributed by atoms with Gasteiger partial charge in [0, 0.05) is 44.9 Å². The van der Waals surface area contributed by atoms with Crippen molar-refractivity contribution >= 4 is 17.6 Å². The van der Waals surface area contributed by atoms with Crippen LogP contribution in [0.1, 0.15) is 31.7 Å². The molecule has 0 amide bonds. The minimum atomic E-state index is 0.704. The molecule has 1 aliphatic rings. The van der Waals surface area contributed by atoms with Gasteiger partial charge in [0.1, 0.15) is 5.75 Å². The van der Waals surface area contributed by atoms with Gasteiger partial charge in [0.15, 0.2) is 5.96 Å². The average Bonchev–Trinajstić information content (AvgIpc) is 2.67. The highest BCUT2D eigenvalue weighted by atomic mass is 35.5. The zero-order valence-electron chi connectivity index (χ0n) is 16.3. The van der Waals surface area contributed by atoms with E-state index in [0.29, 0.717) is 6.54 Å². The third-order valence-corrected chi connectivity index (χ3v) is 5.16. The number of benzene rings is 1. The van der Waals surface area contributed by atoms with E-state index in [0.717, 1.165) is 60.9 Å². The van der Waals surface area contributed by atoms with Crippen molar-refractivity contribution in [1.29, 1.82) is 0 Å². The summed E-state index contributed by atoms with van der Waals surface area (Å²) in [5, 5.41) is 4.12. The Morgan fingerprint density at radius 3 is 2.81 bits per heavy atom. The van der Waals surface area contributed by atoms with E-state index in [1.165, 1.54) is 19.3 Å². The maximum Gasteiger partial charge on any atom is 0.193 e. The summed E-state index contributed by atoms with van der Waals surface area (Å²) in [6.07, 6.45) is 4.36. The molecule has 146 valence electrons. The Morgan fingerprint density at radius 1 is 1.38 bits per heavy atom. The van der Waals surface area contributed by atoms with E-state index in [1.807, 2.05) is 18.2 Å². The third kappa shape index (κ3) is 6.69. The van der Waals surface area contributed by atoms with Gasteiger partial charge in [-0.2, -0.15) is 0 Å². The van der Waals surface area contributed by atoms with Gasteiger partial charge in [-0.15, -0.1) is 0 Å². The normalized spacial score (nSPS) is 15.8. The van der Waals surface area contributed by atoms with Gasteiger partial charge >= 0.3 is 0 Å². The summed E-state index contributed by atoms with van der Waals surface area (Å²) in [4.78, 5) is 7.00. The maximum absolute atomic E-state index is 6.32. The van der Waals surface area contributed by atoms with Crippen LogP contribution in [0, 0.1) is 5.92 Å². The molecule has 1 fully saturated rings. The van der Waals surface area contributed by atoms with E-state index in [1.54, 1.807) is 7.11 Å². The Kier molecular flexibility index (Phi) is 9.06. The highest BCUT2D eigenvalue weighted by molar-refractivity contribution is 6.31. The maximum atomic E-state index is 6.32. The first kappa shape index (κ1) is 20.8. The number of guanidine groups is 1. The van der Waals surface area contributed by atoms with Gasteiger partial charge in [-0.05, 0) is 56.2 Å². The third-order valence-electron chi connectivity index (χ3n) is 4.81. The van der Waals surface area contributed by atoms with Crippen LogP contribution in [0.25, 0.3) is 0 Å². The largest absolute Gasteiger partial charge is 0.497 e. The van der Waals surface area contributed by atoms with Crippen molar-refractivity contribution in [3.63, 3.8) is 0 Å². The van der Waals surface area contributed by atoms with Crippen molar-refractivity contribution in [2.45, 2.75) is 32.6 Å². The molecular weight excluding hydrogens is 350 g/mol. The molecule has 0 radical (unpaired) electrons. The standard InChI is InChI=1S/C20H32ClN3O2/c1-4-22-20(24(2)12-8-16-9-13-26-14-10-16)23-11-7-17-5-6-18(25-3)15-19(17)21/h5-6,15-16H,4,7-14H2,1-3H3,(H,22,23). The lowest BCUT2D eigenvalue weighted by Crippen LogP contribution is -2.40. The van der Waals surface area contributed by atoms with Gasteiger partial charge < -0.3 is 19.7 Å². The van der Waals surface area contributed by atoms with Crippen LogP contribution in [-0.4, -0.2) is 57.9 Å². The Balaban J connectivity index is 1.86. The Labute approximate surface area is 162 Å². The molecule has 1 saturated heterocycles. The molecule has 0 aromatic heterocycles. The molecule has 5 nitrogen and oxygen atoms in total. The summed E-state index contributed by atoms with van der Waals surface area (Å²) in [7, 11) is 3.76. The van der Waals surface area contributed by atoms with Gasteiger partial charge in [-0.1, -0.05) is 17.7 Å². The first-order chi connectivity index (χ1) is 12.6. The predicted molar refractivity (Wildman–Crippen MR) is 108 cm³/mol. The van der Waals surface area contributed by atoms with E-state index in [2.05, 4.69) is 24.2 Å². The van der Waals surface area contributed by atoms with E-state index in [4.69, 9.17) is 26.1 Å². The zero-order chi connectivity index (χ0) is 18.8. The number of nitrogens with zero attached hydrogens (tertiary/aromatic N) is 2. The molecule has 0 atom stereocenters. The molecule has 0 saturated carbocycles. The molecule has 1 aromatic rings. The molecule has 0 aliphatic carbocycles. The van der Waals surface area contributed by atoms with E-state index in [-0.39, 0.29) is 0 Å². The Bertz CT molecular complexity index is 574. The van der Waals surface area contributed by atoms with Gasteiger partial charge in [0.25, 0.3) is 0 Å². The van der Waals surface area contributed by atoms with Gasteiger partial charge in [0.2, 0.25) is 0 Å². The number of ether oxygens (including phenoxy) is 2. The summed E-state index contributed by atoms with van der Waals surface area (Å²) in [6.45, 7) is 6.50. The predicted octanol–water partition coefficient (Wildman–Crippen LogP) is 3.61. The van der Waals surface area contributed by atoms with Gasteiger partial charge in [-0.25, -0.2) is 0 Å². The fourth-order valence-corrected chi connectivity index (χ4v) is 3.39. The van der Waals surface area contributed by atoms with Crippen molar-refractivity contribution in [1.82, 2.24) is 10.2 Å². The number of halogens is 1. The van der Waals surface area contributed by atoms with Crippen LogP contribution in [0.2, 0.25) is 5.02 Å². The summed E-state index contributed by atoms with van der Waals surface area (Å²) in [5.41, 5.74) is 1.09. The lowest BCUT2D eigenvalue weighted by atomic mass is 9.96. The smallest absolute Gasteiger partial charge is 0.193 e. The molecule has 6 heteroatoms. The van der Waals surface area contributed by atoms with Gasteiger partial charge in [0.05, 0.1) is 7.11 Å². The zero-order valence-corrected chi connectivity index (χ0v) is 17.0. The molecule has 0 unspecified atom stereocenters. The van der Waals surface area contributed by atoms with Crippen molar-refractivity contribution in [3.05, 3.63) is 28.8 Å². The molecule has 2 rings (SSSR count). The summed E-state index contributed by atoms with van der Waals surface area (Å²) in [5.74, 6) is 2.51. The molecule has 0 spiro atoms. The van der Waals surface area contributed by atoms with Crippen LogP contribution in [0.5, 0.6) is 5.75 Å². The Morgan fingerprint density at radius 2 is 2.15 bits per heavy atom. The number of rotatable bonds is 8. The summed E-state index contributed by atoms with van der Waals surface area (Å²) < 4.78 is 10.6. The average molecular weight is 382 g/mol. The molecule has 1 N–H and O–H groups in total. The van der Waals surface area contributed by atoms with Crippen molar-refractivity contribution in [2.24, 2.45) is 10.9 Å². The minimum Gasteiger partial charge on any atom is -0.497 e. The number of nitrogens with one attached hydrogen (secondary N) is 1. The highest BCUT2D eigenvalue weighted by Crippen LogP contribution is 2.23. The van der Waals surface area contributed by atoms with Crippen LogP contribution in [0.3, 0.4) is 0 Å². The lowest BCUT2D eigenvalue weighted by molar-refractivity contribution is 0.0625. The van der Waals surface area contributed by atoms with Crippen molar-refractivity contribution < 1.29 is 9.47 Å². The van der Waals surface area contributed by atoms with Crippen molar-refractivity contribution in [3.8, 4) is 5.75 Å². The fourth-order valence-electron chi connectivity index (χ4n) is 3.13. The number of aliphatic imine (C=N–C) groups is 1. The molecule has 1 aliphatic heterocycles. The molecule has 1 heterocycles. The molecular formula is C20H32ClN3O2. The van der Waals surface area contributed by atoms with Crippen LogP contribution < -0.4 is 10.1 Å². The van der Waals surface area contributed by atoms with E-state index < -0.39 is 0 Å². The Hall–Kier alpha value is -1.46. The first-order valence-corrected chi connectivity index (χ1v) is 9.91. The van der Waals surface area contributed by atoms with Crippen LogP contribution >= 0.6 is 11.6 Å². The fraction of sp³-hybridized carbons (Fsp3) is 0.650. The number of hydrogen-bond donors (Lipinski definition) is 1. The number of hydrogen-bond acceptors (Lipinski definition) is 3. The van der Waals surface area contributed by atoms with Crippen LogP contribution in [-0.2, 0) is 11.2 Å². The van der Waals surface area contributed by atoms with Crippen LogP contribution in [0.4, 0.5) is 0 Å². The van der Waals surface area contributed by atoms with Crippen molar-refractivity contribution in [2.75, 3.05) is 47.0 Å². The first-order valence-electron chi connectivity index (χ1n) is 9.53. The summed E-state index contributed by atoms with van der Waals surface area (Å²) in [6, 6.07) is 5.81. The monoisotopic (exact) mass is 381 g/mol. The second kappa shape index (κ2) is 11.3. The SMILES string of the molecule is CCNC(=NCCc1ccc(OC)cc1Cl)N(C)CCC1CCOCC1. The number of methoxy groups -OCH3 is 1. The van der Waals surface area contributed by atoms with E-state index in [9.17, 15) is 0 Å². The minimum absolute atomic E-state index is 0.704. The molecule has 1 aromatic carbocycles. The molecule has 26 heavy (non-hydrogen) atoms. The quantitative estimate of drug-likeness (QED) is 0.552. The topological polar surface area (TPSA) is 46.1 Å². The lowest BCUT2D eigenvalue weighted by Gasteiger charge is -2.26. The van der Waals surface area contributed by atoms with E-state index >= 15 is 0 Å².